The zero-order valence-electron chi connectivity index (χ0n) is 14.3. The third kappa shape index (κ3) is 11.0. The number of carbonyl (C=O) groups excluding carboxylic acids is 4. The third-order valence-electron chi connectivity index (χ3n) is 2.24. The summed E-state index contributed by atoms with van der Waals surface area (Å²) in [5, 5.41) is 2.22. The maximum atomic E-state index is 11.9. The topological polar surface area (TPSA) is 134 Å². The molecule has 0 rings (SSSR count). The fraction of sp³-hybridized carbons (Fsp3) is 0.600. The quantitative estimate of drug-likeness (QED) is 0.370. The highest BCUT2D eigenvalue weighted by molar-refractivity contribution is 5.87. The summed E-state index contributed by atoms with van der Waals surface area (Å²) in [5.74, 6) is -2.25. The summed E-state index contributed by atoms with van der Waals surface area (Å²) in [6.07, 6.45) is 1.04. The van der Waals surface area contributed by atoms with Crippen molar-refractivity contribution < 1.29 is 33.4 Å². The van der Waals surface area contributed by atoms with Gasteiger partial charge in [-0.15, -0.1) is 0 Å². The van der Waals surface area contributed by atoms with E-state index in [0.717, 1.165) is 6.08 Å². The molecule has 0 heterocycles. The predicted molar refractivity (Wildman–Crippen MR) is 83.7 cm³/mol. The Morgan fingerprint density at radius 2 is 1.79 bits per heavy atom. The minimum Gasteiger partial charge on any atom is -0.463 e. The van der Waals surface area contributed by atoms with E-state index in [2.05, 4.69) is 10.1 Å². The lowest BCUT2D eigenvalue weighted by atomic mass is 10.2. The Morgan fingerprint density at radius 1 is 1.17 bits per heavy atom. The summed E-state index contributed by atoms with van der Waals surface area (Å²) >= 11 is 0. The van der Waals surface area contributed by atoms with Crippen LogP contribution in [-0.4, -0.2) is 48.8 Å². The number of carbonyl (C=O) groups is 4. The summed E-state index contributed by atoms with van der Waals surface area (Å²) in [6, 6.07) is -1.28. The van der Waals surface area contributed by atoms with Gasteiger partial charge < -0.3 is 25.3 Å². The molecule has 9 heteroatoms. The molecule has 0 unspecified atom stereocenters. The number of esters is 2. The van der Waals surface area contributed by atoms with E-state index in [1.165, 1.54) is 6.08 Å². The normalized spacial score (nSPS) is 12.3. The first-order valence-electron chi connectivity index (χ1n) is 7.33. The van der Waals surface area contributed by atoms with Crippen LogP contribution < -0.4 is 11.1 Å². The maximum Gasteiger partial charge on any atom is 0.408 e. The van der Waals surface area contributed by atoms with Crippen LogP contribution in [0.2, 0.25) is 0 Å². The summed E-state index contributed by atoms with van der Waals surface area (Å²) in [7, 11) is 0. The van der Waals surface area contributed by atoms with Crippen LogP contribution in [0, 0.1) is 0 Å². The van der Waals surface area contributed by atoms with Crippen LogP contribution in [0.3, 0.4) is 0 Å². The molecule has 0 aliphatic carbocycles. The maximum absolute atomic E-state index is 11.9. The molecule has 0 aliphatic heterocycles. The minimum atomic E-state index is -1.28. The number of rotatable bonds is 8. The highest BCUT2D eigenvalue weighted by Gasteiger charge is 2.26. The van der Waals surface area contributed by atoms with Crippen LogP contribution in [0.4, 0.5) is 4.79 Å². The Kier molecular flexibility index (Phi) is 9.14. The summed E-state index contributed by atoms with van der Waals surface area (Å²) < 4.78 is 14.5. The van der Waals surface area contributed by atoms with Crippen molar-refractivity contribution in [1.82, 2.24) is 5.32 Å². The Morgan fingerprint density at radius 3 is 2.29 bits per heavy atom. The largest absolute Gasteiger partial charge is 0.463 e. The number of hydrogen-bond donors (Lipinski definition) is 2. The second-order valence-corrected chi connectivity index (χ2v) is 5.65. The van der Waals surface area contributed by atoms with Gasteiger partial charge in [-0.2, -0.15) is 0 Å². The van der Waals surface area contributed by atoms with E-state index in [9.17, 15) is 19.2 Å². The molecule has 2 amide bonds. The van der Waals surface area contributed by atoms with Crippen LogP contribution in [0.1, 0.15) is 34.1 Å². The number of nitrogens with one attached hydrogen (secondary N) is 1. The third-order valence-corrected chi connectivity index (χ3v) is 2.24. The number of primary amides is 1. The summed E-state index contributed by atoms with van der Waals surface area (Å²) in [4.78, 5) is 45.7. The monoisotopic (exact) mass is 344 g/mol. The van der Waals surface area contributed by atoms with E-state index in [-0.39, 0.29) is 13.2 Å². The summed E-state index contributed by atoms with van der Waals surface area (Å²) in [5.41, 5.74) is 4.28. The van der Waals surface area contributed by atoms with Crippen molar-refractivity contribution in [2.45, 2.75) is 45.8 Å². The predicted octanol–water partition coefficient (Wildman–Crippen LogP) is 0.418. The van der Waals surface area contributed by atoms with E-state index in [4.69, 9.17) is 15.2 Å². The van der Waals surface area contributed by atoms with Crippen molar-refractivity contribution >= 4 is 23.9 Å². The van der Waals surface area contributed by atoms with Gasteiger partial charge >= 0.3 is 18.0 Å². The number of alkyl carbamates (subject to hydrolysis) is 1. The van der Waals surface area contributed by atoms with Crippen LogP contribution in [0.15, 0.2) is 12.2 Å². The van der Waals surface area contributed by atoms with Gasteiger partial charge in [0.1, 0.15) is 18.2 Å². The van der Waals surface area contributed by atoms with Crippen LogP contribution in [-0.2, 0) is 28.6 Å². The molecule has 0 aliphatic rings. The lowest BCUT2D eigenvalue weighted by molar-refractivity contribution is -0.146. The lowest BCUT2D eigenvalue weighted by Gasteiger charge is -2.22. The molecule has 0 aromatic carbocycles. The standard InChI is InChI=1S/C15H24N2O7/c1-5-22-12(19)7-6-8-23-13(20)10(9-11(16)18)17-14(21)24-15(2,3)4/h6-7,10H,5,8-9H2,1-4H3,(H2,16,18)(H,17,21)/b7-6+/t10-/m0/s1. The van der Waals surface area contributed by atoms with Crippen LogP contribution in [0.25, 0.3) is 0 Å². The van der Waals surface area contributed by atoms with Crippen molar-refractivity contribution in [3.8, 4) is 0 Å². The van der Waals surface area contributed by atoms with Gasteiger partial charge in [0, 0.05) is 6.08 Å². The first-order valence-corrected chi connectivity index (χ1v) is 7.33. The van der Waals surface area contributed by atoms with Gasteiger partial charge in [-0.1, -0.05) is 0 Å². The van der Waals surface area contributed by atoms with E-state index < -0.39 is 42.0 Å². The molecular formula is C15H24N2O7. The van der Waals surface area contributed by atoms with Crippen molar-refractivity contribution in [2.75, 3.05) is 13.2 Å². The molecule has 0 saturated carbocycles. The van der Waals surface area contributed by atoms with E-state index in [1.807, 2.05) is 0 Å². The fourth-order valence-electron chi connectivity index (χ4n) is 1.41. The Bertz CT molecular complexity index is 495. The first kappa shape index (κ1) is 21.4. The van der Waals surface area contributed by atoms with Crippen molar-refractivity contribution in [1.29, 1.82) is 0 Å². The SMILES string of the molecule is CCOC(=O)/C=C/COC(=O)[C@H](CC(N)=O)NC(=O)OC(C)(C)C. The molecule has 0 aromatic heterocycles. The molecule has 0 fully saturated rings. The number of nitrogens with two attached hydrogens (primary N) is 1. The molecular weight excluding hydrogens is 320 g/mol. The average Bonchev–Trinajstić information content (AvgIpc) is 2.40. The van der Waals surface area contributed by atoms with Crippen molar-refractivity contribution in [3.05, 3.63) is 12.2 Å². The smallest absolute Gasteiger partial charge is 0.408 e. The molecule has 136 valence electrons. The van der Waals surface area contributed by atoms with Gasteiger partial charge in [-0.05, 0) is 33.8 Å². The van der Waals surface area contributed by atoms with Gasteiger partial charge in [-0.3, -0.25) is 4.79 Å². The highest BCUT2D eigenvalue weighted by atomic mass is 16.6. The van der Waals surface area contributed by atoms with E-state index in [0.29, 0.717) is 0 Å². The van der Waals surface area contributed by atoms with Crippen molar-refractivity contribution in [3.63, 3.8) is 0 Å². The number of ether oxygens (including phenoxy) is 3. The Hall–Kier alpha value is -2.58. The highest BCUT2D eigenvalue weighted by Crippen LogP contribution is 2.07. The Labute approximate surface area is 140 Å². The van der Waals surface area contributed by atoms with E-state index >= 15 is 0 Å². The molecule has 3 N–H and O–H groups in total. The van der Waals surface area contributed by atoms with Gasteiger partial charge in [0.2, 0.25) is 5.91 Å². The van der Waals surface area contributed by atoms with Gasteiger partial charge in [0.15, 0.2) is 0 Å². The van der Waals surface area contributed by atoms with E-state index in [1.54, 1.807) is 27.7 Å². The number of amides is 2. The van der Waals surface area contributed by atoms with Crippen LogP contribution in [0.5, 0.6) is 0 Å². The zero-order chi connectivity index (χ0) is 18.8. The number of hydrogen-bond acceptors (Lipinski definition) is 7. The fourth-order valence-corrected chi connectivity index (χ4v) is 1.41. The second kappa shape index (κ2) is 10.2. The van der Waals surface area contributed by atoms with Gasteiger partial charge in [-0.25, -0.2) is 14.4 Å². The lowest BCUT2D eigenvalue weighted by Crippen LogP contribution is -2.46. The van der Waals surface area contributed by atoms with Crippen molar-refractivity contribution in [2.24, 2.45) is 5.73 Å². The second-order valence-electron chi connectivity index (χ2n) is 5.65. The molecule has 0 spiro atoms. The first-order chi connectivity index (χ1) is 11.0. The summed E-state index contributed by atoms with van der Waals surface area (Å²) in [6.45, 7) is 6.59. The van der Waals surface area contributed by atoms with Crippen LogP contribution >= 0.6 is 0 Å². The molecule has 1 atom stereocenters. The molecule has 0 radical (unpaired) electrons. The van der Waals surface area contributed by atoms with Gasteiger partial charge in [0.05, 0.1) is 13.0 Å². The molecule has 0 aromatic rings. The average molecular weight is 344 g/mol. The molecule has 9 nitrogen and oxygen atoms in total. The minimum absolute atomic E-state index is 0.226. The van der Waals surface area contributed by atoms with Gasteiger partial charge in [0.25, 0.3) is 0 Å². The zero-order valence-corrected chi connectivity index (χ0v) is 14.3. The molecule has 0 bridgehead atoms. The molecule has 0 saturated heterocycles. The Balaban J connectivity index is 4.58. The molecule has 24 heavy (non-hydrogen) atoms.